The summed E-state index contributed by atoms with van der Waals surface area (Å²) in [6.07, 6.45) is 1.56. The summed E-state index contributed by atoms with van der Waals surface area (Å²) in [7, 11) is 2.98. The lowest BCUT2D eigenvalue weighted by atomic mass is 9.57. The van der Waals surface area contributed by atoms with E-state index in [2.05, 4.69) is 5.32 Å². The van der Waals surface area contributed by atoms with E-state index in [1.54, 1.807) is 0 Å². The fourth-order valence-electron chi connectivity index (χ4n) is 6.69. The molecule has 3 unspecified atom stereocenters. The van der Waals surface area contributed by atoms with E-state index in [9.17, 15) is 39.6 Å². The van der Waals surface area contributed by atoms with Gasteiger partial charge in [0.25, 0.3) is 5.91 Å². The molecule has 4 atom stereocenters. The van der Waals surface area contributed by atoms with E-state index in [-0.39, 0.29) is 30.6 Å². The Morgan fingerprint density at radius 2 is 1.85 bits per heavy atom. The van der Waals surface area contributed by atoms with E-state index in [4.69, 9.17) is 5.73 Å². The fraction of sp³-hybridized carbons (Fsp3) is 0.481. The number of phenols is 1. The molecule has 1 aliphatic heterocycles. The molecule has 0 bridgehead atoms. The highest BCUT2D eigenvalue weighted by Gasteiger charge is 2.64. The van der Waals surface area contributed by atoms with Crippen LogP contribution in [0.4, 0.5) is 10.1 Å². The second kappa shape index (κ2) is 9.68. The Balaban J connectivity index is 1.60. The molecule has 1 saturated carbocycles. The van der Waals surface area contributed by atoms with Gasteiger partial charge in [0, 0.05) is 23.1 Å². The Morgan fingerprint density at radius 1 is 1.20 bits per heavy atom. The molecule has 1 aromatic rings. The number of halogens is 1. The number of rotatable bonds is 5. The van der Waals surface area contributed by atoms with Crippen molar-refractivity contribution in [3.63, 3.8) is 0 Å². The number of carbonyl (C=O) groups excluding carboxylic acids is 4. The summed E-state index contributed by atoms with van der Waals surface area (Å²) in [6.45, 7) is 1.49. The first kappa shape index (κ1) is 27.7. The van der Waals surface area contributed by atoms with Crippen LogP contribution in [0.25, 0.3) is 5.76 Å². The maximum Gasteiger partial charge on any atom is 0.255 e. The minimum atomic E-state index is -2.79. The lowest BCUT2D eigenvalue weighted by Crippen LogP contribution is -2.65. The molecule has 5 rings (SSSR count). The van der Waals surface area contributed by atoms with Gasteiger partial charge in [-0.15, -0.1) is 0 Å². The highest BCUT2D eigenvalue weighted by atomic mass is 19.1. The van der Waals surface area contributed by atoms with E-state index in [1.807, 2.05) is 4.90 Å². The number of aliphatic hydroxyl groups excluding tert-OH is 2. The monoisotopic (exact) mass is 558 g/mol. The van der Waals surface area contributed by atoms with Crippen LogP contribution in [0.1, 0.15) is 30.4 Å². The third kappa shape index (κ3) is 3.99. The van der Waals surface area contributed by atoms with Crippen molar-refractivity contribution >= 4 is 34.8 Å². The van der Waals surface area contributed by atoms with Gasteiger partial charge in [-0.3, -0.25) is 29.0 Å². The molecule has 13 heteroatoms. The molecule has 4 aliphatic rings. The van der Waals surface area contributed by atoms with Gasteiger partial charge in [-0.05, 0) is 58.8 Å². The summed E-state index contributed by atoms with van der Waals surface area (Å²) in [6, 6.07) is -0.292. The number of hydrogen-bond donors (Lipinski definition) is 6. The van der Waals surface area contributed by atoms with Crippen LogP contribution in [0.3, 0.4) is 0 Å². The van der Waals surface area contributed by atoms with Crippen LogP contribution < -0.4 is 11.1 Å². The van der Waals surface area contributed by atoms with Gasteiger partial charge in [0.15, 0.2) is 17.1 Å². The third-order valence-corrected chi connectivity index (χ3v) is 8.51. The maximum absolute atomic E-state index is 15.4. The third-order valence-electron chi connectivity index (χ3n) is 8.51. The number of anilines is 1. The number of carbonyl (C=O) groups is 4. The van der Waals surface area contributed by atoms with Crippen LogP contribution in [-0.4, -0.2) is 99.0 Å². The zero-order valence-electron chi connectivity index (χ0n) is 22.0. The predicted octanol–water partition coefficient (Wildman–Crippen LogP) is 0.137. The Kier molecular flexibility index (Phi) is 6.71. The molecular weight excluding hydrogens is 527 g/mol. The van der Waals surface area contributed by atoms with Gasteiger partial charge >= 0.3 is 0 Å². The summed E-state index contributed by atoms with van der Waals surface area (Å²) in [5.41, 5.74) is 0.362. The van der Waals surface area contributed by atoms with Crippen LogP contribution in [-0.2, 0) is 25.6 Å². The largest absolute Gasteiger partial charge is 0.508 e. The second-order valence-electron chi connectivity index (χ2n) is 11.1. The first-order valence-corrected chi connectivity index (χ1v) is 13.0. The van der Waals surface area contributed by atoms with Crippen LogP contribution in [0.5, 0.6) is 5.75 Å². The van der Waals surface area contributed by atoms with Crippen molar-refractivity contribution in [1.29, 1.82) is 0 Å². The smallest absolute Gasteiger partial charge is 0.255 e. The quantitative estimate of drug-likeness (QED) is 0.214. The average molecular weight is 559 g/mol. The SMILES string of the molecule is CN(C)C1C(=O)C(C(N)=O)=C(O)[C@@]2(O)C(=O)C3=C(O)c4c(O)c(NC(=O)CN5CCCC5)cc(F)c4CC3CC12. The van der Waals surface area contributed by atoms with Crippen molar-refractivity contribution in [2.75, 3.05) is 39.0 Å². The van der Waals surface area contributed by atoms with Crippen molar-refractivity contribution in [3.05, 3.63) is 39.9 Å². The van der Waals surface area contributed by atoms with E-state index in [1.165, 1.54) is 19.0 Å². The van der Waals surface area contributed by atoms with Gasteiger partial charge in [-0.2, -0.15) is 0 Å². The van der Waals surface area contributed by atoms with Crippen molar-refractivity contribution < 1.29 is 44.0 Å². The molecule has 1 heterocycles. The van der Waals surface area contributed by atoms with Gasteiger partial charge in [0.05, 0.1) is 23.8 Å². The van der Waals surface area contributed by atoms with Crippen molar-refractivity contribution in [2.24, 2.45) is 17.6 Å². The van der Waals surface area contributed by atoms with Crippen LogP contribution in [0, 0.1) is 17.7 Å². The number of likely N-dealkylation sites (tertiary alicyclic amines) is 1. The van der Waals surface area contributed by atoms with Crippen molar-refractivity contribution in [1.82, 2.24) is 9.80 Å². The number of primary amides is 1. The van der Waals surface area contributed by atoms with E-state index >= 15 is 4.39 Å². The summed E-state index contributed by atoms with van der Waals surface area (Å²) in [5, 5.41) is 47.2. The standard InChI is InChI=1S/C27H31FN4O8/c1-31(2)20-13-8-11-7-12-14(28)9-15(30-16(33)10-32-5-3-4-6-32)21(34)18(12)22(35)17(11)24(37)27(13,40)25(38)19(23(20)36)26(29)39/h9,11,13,20,34-35,38,40H,3-8,10H2,1-2H3,(H2,29,39)(H,30,33)/t11?,13?,20?,27-/m0/s1. The van der Waals surface area contributed by atoms with Gasteiger partial charge in [-0.25, -0.2) is 4.39 Å². The van der Waals surface area contributed by atoms with E-state index in [0.29, 0.717) is 0 Å². The first-order chi connectivity index (χ1) is 18.8. The Morgan fingerprint density at radius 3 is 2.45 bits per heavy atom. The fourth-order valence-corrected chi connectivity index (χ4v) is 6.69. The molecule has 1 saturated heterocycles. The number of Topliss-reactive ketones (excluding diaryl/α,β-unsaturated/α-hetero) is 2. The Hall–Kier alpha value is -3.81. The van der Waals surface area contributed by atoms with E-state index < -0.39 is 86.7 Å². The van der Waals surface area contributed by atoms with Crippen LogP contribution in [0.15, 0.2) is 23.0 Å². The number of fused-ring (bicyclic) bond motifs is 3. The first-order valence-electron chi connectivity index (χ1n) is 13.0. The normalized spacial score (nSPS) is 28.5. The molecule has 40 heavy (non-hydrogen) atoms. The van der Waals surface area contributed by atoms with Crippen LogP contribution in [0.2, 0.25) is 0 Å². The summed E-state index contributed by atoms with van der Waals surface area (Å²) < 4.78 is 15.4. The molecule has 0 aromatic heterocycles. The number of ketones is 2. The molecule has 2 amide bonds. The minimum absolute atomic E-state index is 0.0275. The highest BCUT2D eigenvalue weighted by Crippen LogP contribution is 2.53. The number of nitrogens with two attached hydrogens (primary N) is 1. The van der Waals surface area contributed by atoms with Crippen molar-refractivity contribution in [3.8, 4) is 5.75 Å². The number of hydrogen-bond acceptors (Lipinski definition) is 10. The number of nitrogens with zero attached hydrogens (tertiary/aromatic N) is 2. The number of nitrogens with one attached hydrogen (secondary N) is 1. The average Bonchev–Trinajstić information content (AvgIpc) is 3.37. The van der Waals surface area contributed by atoms with Crippen molar-refractivity contribution in [2.45, 2.75) is 37.3 Å². The summed E-state index contributed by atoms with van der Waals surface area (Å²) in [5.74, 6) is -9.61. The molecule has 12 nitrogen and oxygen atoms in total. The number of aliphatic hydroxyl groups is 3. The Bertz CT molecular complexity index is 1410. The molecule has 0 radical (unpaired) electrons. The van der Waals surface area contributed by atoms with Gasteiger partial charge in [0.1, 0.15) is 22.9 Å². The van der Waals surface area contributed by atoms with Gasteiger partial charge in [-0.1, -0.05) is 0 Å². The summed E-state index contributed by atoms with van der Waals surface area (Å²) in [4.78, 5) is 54.8. The number of benzene rings is 1. The molecule has 1 aromatic carbocycles. The molecule has 7 N–H and O–H groups in total. The second-order valence-corrected chi connectivity index (χ2v) is 11.1. The highest BCUT2D eigenvalue weighted by molar-refractivity contribution is 6.24. The van der Waals surface area contributed by atoms with Gasteiger partial charge < -0.3 is 31.5 Å². The van der Waals surface area contributed by atoms with Crippen LogP contribution >= 0.6 is 0 Å². The molecule has 0 spiro atoms. The van der Waals surface area contributed by atoms with E-state index in [0.717, 1.165) is 32.0 Å². The lowest BCUT2D eigenvalue weighted by molar-refractivity contribution is -0.153. The number of likely N-dealkylation sites (N-methyl/N-ethyl adjacent to an activating group) is 1. The minimum Gasteiger partial charge on any atom is -0.508 e. The maximum atomic E-state index is 15.4. The predicted molar refractivity (Wildman–Crippen MR) is 139 cm³/mol. The molecule has 3 aliphatic carbocycles. The topological polar surface area (TPSA) is 194 Å². The lowest BCUT2D eigenvalue weighted by Gasteiger charge is -2.50. The molecule has 214 valence electrons. The summed E-state index contributed by atoms with van der Waals surface area (Å²) >= 11 is 0. The zero-order valence-corrected chi connectivity index (χ0v) is 22.0. The zero-order chi connectivity index (χ0) is 29.3. The Labute approximate surface area is 228 Å². The molecular formula is C27H31FN4O8. The number of amides is 2. The number of aromatic hydroxyl groups is 1. The van der Waals surface area contributed by atoms with Gasteiger partial charge in [0.2, 0.25) is 11.7 Å². The number of phenolic OH excluding ortho intramolecular Hbond substituents is 1. The molecule has 2 fully saturated rings.